The molecule has 6 nitrogen and oxygen atoms in total. The number of pyridine rings is 1. The van der Waals surface area contributed by atoms with E-state index < -0.39 is 0 Å². The Kier molecular flexibility index (Phi) is 6.16. The van der Waals surface area contributed by atoms with Gasteiger partial charge in [-0.15, -0.1) is 0 Å². The molecule has 0 bridgehead atoms. The number of aromatic nitrogens is 1. The quantitative estimate of drug-likeness (QED) is 0.766. The zero-order chi connectivity index (χ0) is 18.5. The van der Waals surface area contributed by atoms with Crippen molar-refractivity contribution >= 4 is 16.6 Å². The minimum absolute atomic E-state index is 0.180. The van der Waals surface area contributed by atoms with E-state index in [0.29, 0.717) is 23.3 Å². The van der Waals surface area contributed by atoms with Gasteiger partial charge in [0, 0.05) is 43.5 Å². The van der Waals surface area contributed by atoms with Crippen LogP contribution in [0.2, 0.25) is 0 Å². The van der Waals surface area contributed by atoms with Gasteiger partial charge >= 0.3 is 0 Å². The fraction of sp³-hybridized carbons (Fsp3) is 0.550. The Hall–Kier alpha value is -2.05. The van der Waals surface area contributed by atoms with Crippen LogP contribution in [0.5, 0.6) is 11.5 Å². The Morgan fingerprint density at radius 2 is 2.00 bits per heavy atom. The summed E-state index contributed by atoms with van der Waals surface area (Å²) in [5, 5.41) is 1.07. The highest BCUT2D eigenvalue weighted by Crippen LogP contribution is 2.37. The van der Waals surface area contributed by atoms with Gasteiger partial charge in [-0.2, -0.15) is 0 Å². The number of nitrogens with zero attached hydrogens (tertiary/aromatic N) is 2. The van der Waals surface area contributed by atoms with Gasteiger partial charge in [0.25, 0.3) is 0 Å². The second kappa shape index (κ2) is 8.56. The minimum atomic E-state index is 0.180. The number of nitrogens with two attached hydrogens (primary N) is 1. The molecule has 1 aromatic carbocycles. The van der Waals surface area contributed by atoms with Gasteiger partial charge in [0.05, 0.1) is 12.6 Å². The smallest absolute Gasteiger partial charge is 0.188 e. The molecule has 1 fully saturated rings. The molecule has 2 heterocycles. The highest BCUT2D eigenvalue weighted by Gasteiger charge is 2.24. The van der Waals surface area contributed by atoms with Crippen molar-refractivity contribution in [3.63, 3.8) is 0 Å². The highest BCUT2D eigenvalue weighted by molar-refractivity contribution is 5.94. The molecule has 142 valence electrons. The van der Waals surface area contributed by atoms with Crippen molar-refractivity contribution in [1.82, 2.24) is 4.98 Å². The lowest BCUT2D eigenvalue weighted by atomic mass is 9.85. The topological polar surface area (TPSA) is 69.8 Å². The summed E-state index contributed by atoms with van der Waals surface area (Å²) in [5.74, 6) is 2.63. The third-order valence-corrected chi connectivity index (χ3v) is 5.39. The second-order valence-electron chi connectivity index (χ2n) is 6.94. The molecule has 1 unspecified atom stereocenters. The number of fused-ring (bicyclic) bond motifs is 1. The van der Waals surface area contributed by atoms with E-state index in [1.54, 1.807) is 14.2 Å². The first-order valence-electron chi connectivity index (χ1n) is 9.21. The molecule has 1 atom stereocenters. The first-order valence-corrected chi connectivity index (χ1v) is 9.21. The summed E-state index contributed by atoms with van der Waals surface area (Å²) in [4.78, 5) is 6.95. The average molecular weight is 359 g/mol. The van der Waals surface area contributed by atoms with E-state index in [4.69, 9.17) is 19.9 Å². The third-order valence-electron chi connectivity index (χ3n) is 5.39. The summed E-state index contributed by atoms with van der Waals surface area (Å²) < 4.78 is 16.2. The Labute approximate surface area is 155 Å². The maximum Gasteiger partial charge on any atom is 0.188 e. The molecule has 0 aliphatic carbocycles. The molecule has 0 amide bonds. The van der Waals surface area contributed by atoms with Gasteiger partial charge in [0.15, 0.2) is 18.3 Å². The van der Waals surface area contributed by atoms with Crippen LogP contribution in [0.25, 0.3) is 10.9 Å². The molecule has 1 aromatic heterocycles. The van der Waals surface area contributed by atoms with Crippen LogP contribution in [0.1, 0.15) is 19.8 Å². The average Bonchev–Trinajstić information content (AvgIpc) is 2.70. The highest BCUT2D eigenvalue weighted by atomic mass is 16.7. The molecule has 1 saturated heterocycles. The lowest BCUT2D eigenvalue weighted by molar-refractivity contribution is 0.0493. The van der Waals surface area contributed by atoms with Crippen LogP contribution in [-0.4, -0.2) is 45.6 Å². The summed E-state index contributed by atoms with van der Waals surface area (Å²) in [6.45, 7) is 5.28. The van der Waals surface area contributed by atoms with Crippen molar-refractivity contribution < 1.29 is 14.2 Å². The van der Waals surface area contributed by atoms with E-state index in [2.05, 4.69) is 22.9 Å². The largest absolute Gasteiger partial charge is 0.493 e. The minimum Gasteiger partial charge on any atom is -0.493 e. The van der Waals surface area contributed by atoms with E-state index in [-0.39, 0.29) is 6.79 Å². The SMILES string of the molecule is COCOc1cc2c(N3CCC(C(C)CN)CC3)ccnc2cc1OC. The van der Waals surface area contributed by atoms with Gasteiger partial charge in [-0.1, -0.05) is 6.92 Å². The Morgan fingerprint density at radius 3 is 2.65 bits per heavy atom. The molecule has 0 spiro atoms. The van der Waals surface area contributed by atoms with Crippen LogP contribution in [0.15, 0.2) is 24.4 Å². The summed E-state index contributed by atoms with van der Waals surface area (Å²) in [6.07, 6.45) is 4.21. The Balaban J connectivity index is 1.89. The van der Waals surface area contributed by atoms with Gasteiger partial charge < -0.3 is 24.8 Å². The fourth-order valence-corrected chi connectivity index (χ4v) is 3.71. The number of methoxy groups -OCH3 is 2. The number of hydrogen-bond acceptors (Lipinski definition) is 6. The molecule has 3 rings (SSSR count). The van der Waals surface area contributed by atoms with Crippen molar-refractivity contribution in [2.45, 2.75) is 19.8 Å². The van der Waals surface area contributed by atoms with Crippen LogP contribution in [-0.2, 0) is 4.74 Å². The van der Waals surface area contributed by atoms with Crippen LogP contribution in [0, 0.1) is 11.8 Å². The van der Waals surface area contributed by atoms with Crippen molar-refractivity contribution in [1.29, 1.82) is 0 Å². The van der Waals surface area contributed by atoms with Crippen molar-refractivity contribution in [3.05, 3.63) is 24.4 Å². The number of anilines is 1. The molecule has 2 aromatic rings. The summed E-state index contributed by atoms with van der Waals surface area (Å²) in [5.41, 5.74) is 7.95. The third kappa shape index (κ3) is 3.86. The van der Waals surface area contributed by atoms with Crippen molar-refractivity contribution in [3.8, 4) is 11.5 Å². The molecule has 1 aliphatic rings. The van der Waals surface area contributed by atoms with Gasteiger partial charge in [-0.25, -0.2) is 0 Å². The van der Waals surface area contributed by atoms with Gasteiger partial charge in [-0.3, -0.25) is 4.98 Å². The maximum atomic E-state index is 5.85. The predicted molar refractivity (Wildman–Crippen MR) is 104 cm³/mol. The van der Waals surface area contributed by atoms with E-state index in [0.717, 1.165) is 30.5 Å². The Bertz CT molecular complexity index is 730. The van der Waals surface area contributed by atoms with Gasteiger partial charge in [0.1, 0.15) is 0 Å². The van der Waals surface area contributed by atoms with E-state index >= 15 is 0 Å². The van der Waals surface area contributed by atoms with Crippen molar-refractivity contribution in [2.24, 2.45) is 17.6 Å². The zero-order valence-corrected chi connectivity index (χ0v) is 15.9. The Morgan fingerprint density at radius 1 is 1.23 bits per heavy atom. The molecular formula is C20H29N3O3. The maximum absolute atomic E-state index is 5.85. The molecule has 0 radical (unpaired) electrons. The lowest BCUT2D eigenvalue weighted by Gasteiger charge is -2.36. The predicted octanol–water partition coefficient (Wildman–Crippen LogP) is 3.04. The molecule has 1 aliphatic heterocycles. The number of ether oxygens (including phenoxy) is 3. The normalized spacial score (nSPS) is 16.7. The summed E-state index contributed by atoms with van der Waals surface area (Å²) >= 11 is 0. The number of rotatable bonds is 7. The first-order chi connectivity index (χ1) is 12.7. The zero-order valence-electron chi connectivity index (χ0n) is 15.9. The number of piperidine rings is 1. The molecular weight excluding hydrogens is 330 g/mol. The standard InChI is InChI=1S/C20H29N3O3/c1-14(12-21)15-5-8-23(9-6-15)18-4-7-22-17-11-19(25-3)20(10-16(17)18)26-13-24-2/h4,7,10-11,14-15H,5-6,8-9,12-13,21H2,1-3H3. The van der Waals surface area contributed by atoms with Crippen LogP contribution in [0.3, 0.4) is 0 Å². The van der Waals surface area contributed by atoms with Gasteiger partial charge in [-0.05, 0) is 43.4 Å². The molecule has 0 saturated carbocycles. The van der Waals surface area contributed by atoms with Gasteiger partial charge in [0.2, 0.25) is 0 Å². The molecule has 2 N–H and O–H groups in total. The van der Waals surface area contributed by atoms with E-state index in [1.165, 1.54) is 18.5 Å². The van der Waals surface area contributed by atoms with Crippen LogP contribution in [0.4, 0.5) is 5.69 Å². The van der Waals surface area contributed by atoms with Crippen LogP contribution < -0.4 is 20.1 Å². The fourth-order valence-electron chi connectivity index (χ4n) is 3.71. The summed E-state index contributed by atoms with van der Waals surface area (Å²) in [7, 11) is 3.24. The molecule has 6 heteroatoms. The van der Waals surface area contributed by atoms with E-state index in [9.17, 15) is 0 Å². The lowest BCUT2D eigenvalue weighted by Crippen LogP contribution is -2.37. The van der Waals surface area contributed by atoms with Crippen molar-refractivity contribution in [2.75, 3.05) is 45.5 Å². The number of benzene rings is 1. The molecule has 26 heavy (non-hydrogen) atoms. The summed E-state index contributed by atoms with van der Waals surface area (Å²) in [6, 6.07) is 6.01. The van der Waals surface area contributed by atoms with Crippen LogP contribution >= 0.6 is 0 Å². The first kappa shape index (κ1) is 18.7. The second-order valence-corrected chi connectivity index (χ2v) is 6.94. The van der Waals surface area contributed by atoms with E-state index in [1.807, 2.05) is 18.3 Å². The number of hydrogen-bond donors (Lipinski definition) is 1. The monoisotopic (exact) mass is 359 g/mol.